The zero-order chi connectivity index (χ0) is 15.5. The third kappa shape index (κ3) is 2.17. The summed E-state index contributed by atoms with van der Waals surface area (Å²) < 4.78 is 23.7. The Balaban J connectivity index is 1.99. The van der Waals surface area contributed by atoms with Gasteiger partial charge in [0.05, 0.1) is 17.0 Å². The van der Waals surface area contributed by atoms with Gasteiger partial charge in [0, 0.05) is 0 Å². The van der Waals surface area contributed by atoms with Crippen molar-refractivity contribution in [2.75, 3.05) is 11.5 Å². The molecule has 0 radical (unpaired) electrons. The lowest BCUT2D eigenvalue weighted by atomic mass is 9.86. The molecule has 2 aliphatic heterocycles. The van der Waals surface area contributed by atoms with Gasteiger partial charge in [-0.25, -0.2) is 8.42 Å². The molecule has 118 valence electrons. The van der Waals surface area contributed by atoms with E-state index in [0.717, 1.165) is 12.8 Å². The molecule has 7 heteroatoms. The first kappa shape index (κ1) is 14.8. The third-order valence-electron chi connectivity index (χ3n) is 5.28. The lowest BCUT2D eigenvalue weighted by Crippen LogP contribution is -2.73. The normalized spacial score (nSPS) is 38.0. The van der Waals surface area contributed by atoms with Crippen LogP contribution in [0.2, 0.25) is 0 Å². The van der Waals surface area contributed by atoms with Crippen LogP contribution in [-0.2, 0) is 19.4 Å². The van der Waals surface area contributed by atoms with E-state index in [1.54, 1.807) is 18.7 Å². The van der Waals surface area contributed by atoms with Crippen molar-refractivity contribution >= 4 is 21.7 Å². The number of nitrogens with one attached hydrogen (secondary N) is 1. The molecule has 2 unspecified atom stereocenters. The van der Waals surface area contributed by atoms with Crippen LogP contribution in [0.1, 0.15) is 46.0 Å². The van der Waals surface area contributed by atoms with E-state index in [1.165, 1.54) is 0 Å². The molecule has 1 saturated carbocycles. The number of sulfone groups is 1. The molecule has 21 heavy (non-hydrogen) atoms. The molecular formula is C14H22N2O4S. The Kier molecular flexibility index (Phi) is 3.13. The fraction of sp³-hybridized carbons (Fsp3) is 0.857. The SMILES string of the molecule is CC1C(=O)NC2(CCCC2)C(=O)N1C1(C)CCS(=O)(=O)C1. The molecule has 2 saturated heterocycles. The minimum absolute atomic E-state index is 0.0422. The van der Waals surface area contributed by atoms with Crippen LogP contribution in [0.3, 0.4) is 0 Å². The fourth-order valence-electron chi connectivity index (χ4n) is 4.13. The van der Waals surface area contributed by atoms with Crippen molar-refractivity contribution in [3.05, 3.63) is 0 Å². The molecule has 2 amide bonds. The standard InChI is InChI=1S/C14H22N2O4S/c1-10-11(17)15-14(5-3-4-6-14)12(18)16(10)13(2)7-8-21(19,20)9-13/h10H,3-9H2,1-2H3,(H,15,17). The summed E-state index contributed by atoms with van der Waals surface area (Å²) in [6.07, 6.45) is 3.56. The van der Waals surface area contributed by atoms with E-state index in [9.17, 15) is 18.0 Å². The van der Waals surface area contributed by atoms with E-state index < -0.39 is 27.0 Å². The topological polar surface area (TPSA) is 83.6 Å². The van der Waals surface area contributed by atoms with Gasteiger partial charge in [-0.3, -0.25) is 9.59 Å². The van der Waals surface area contributed by atoms with Crippen LogP contribution in [0, 0.1) is 0 Å². The molecular weight excluding hydrogens is 292 g/mol. The van der Waals surface area contributed by atoms with E-state index in [0.29, 0.717) is 19.3 Å². The van der Waals surface area contributed by atoms with Crippen LogP contribution in [0.15, 0.2) is 0 Å². The Labute approximate surface area is 125 Å². The maximum atomic E-state index is 13.0. The lowest BCUT2D eigenvalue weighted by Gasteiger charge is -2.50. The Hall–Kier alpha value is -1.11. The predicted molar refractivity (Wildman–Crippen MR) is 77.3 cm³/mol. The molecule has 1 aliphatic carbocycles. The van der Waals surface area contributed by atoms with Gasteiger partial charge >= 0.3 is 0 Å². The third-order valence-corrected chi connectivity index (χ3v) is 7.17. The molecule has 0 aromatic carbocycles. The van der Waals surface area contributed by atoms with Crippen molar-refractivity contribution in [1.29, 1.82) is 0 Å². The number of piperazine rings is 1. The highest BCUT2D eigenvalue weighted by Gasteiger charge is 2.57. The zero-order valence-electron chi connectivity index (χ0n) is 12.5. The average Bonchev–Trinajstić information content (AvgIpc) is 2.94. The average molecular weight is 314 g/mol. The summed E-state index contributed by atoms with van der Waals surface area (Å²) in [5.41, 5.74) is -1.55. The second-order valence-corrected chi connectivity index (χ2v) is 9.15. The number of nitrogens with zero attached hydrogens (tertiary/aromatic N) is 1. The van der Waals surface area contributed by atoms with Gasteiger partial charge < -0.3 is 10.2 Å². The van der Waals surface area contributed by atoms with Gasteiger partial charge in [0.1, 0.15) is 11.6 Å². The Morgan fingerprint density at radius 2 is 1.81 bits per heavy atom. The molecule has 0 aromatic heterocycles. The highest BCUT2D eigenvalue weighted by atomic mass is 32.2. The number of carbonyl (C=O) groups is 2. The summed E-state index contributed by atoms with van der Waals surface area (Å²) in [6, 6.07) is -0.609. The summed E-state index contributed by atoms with van der Waals surface area (Å²) in [5.74, 6) is -0.206. The van der Waals surface area contributed by atoms with Gasteiger partial charge in [0.15, 0.2) is 9.84 Å². The summed E-state index contributed by atoms with van der Waals surface area (Å²) >= 11 is 0. The van der Waals surface area contributed by atoms with Crippen molar-refractivity contribution in [1.82, 2.24) is 10.2 Å². The van der Waals surface area contributed by atoms with Crippen LogP contribution in [0.25, 0.3) is 0 Å². The largest absolute Gasteiger partial charge is 0.340 e. The molecule has 3 rings (SSSR count). The van der Waals surface area contributed by atoms with Gasteiger partial charge in [-0.1, -0.05) is 12.8 Å². The number of carbonyl (C=O) groups excluding carboxylic acids is 2. The van der Waals surface area contributed by atoms with Gasteiger partial charge in [0.2, 0.25) is 11.8 Å². The highest BCUT2D eigenvalue weighted by Crippen LogP contribution is 2.40. The quantitative estimate of drug-likeness (QED) is 0.750. The highest BCUT2D eigenvalue weighted by molar-refractivity contribution is 7.91. The van der Waals surface area contributed by atoms with E-state index in [2.05, 4.69) is 5.32 Å². The summed E-state index contributed by atoms with van der Waals surface area (Å²) in [6.45, 7) is 3.48. The second kappa shape index (κ2) is 4.44. The predicted octanol–water partition coefficient (Wildman–Crippen LogP) is 0.223. The Morgan fingerprint density at radius 1 is 1.19 bits per heavy atom. The van der Waals surface area contributed by atoms with Crippen LogP contribution < -0.4 is 5.32 Å². The minimum Gasteiger partial charge on any atom is -0.340 e. The van der Waals surface area contributed by atoms with Crippen LogP contribution >= 0.6 is 0 Å². The number of rotatable bonds is 1. The smallest absolute Gasteiger partial charge is 0.249 e. The maximum absolute atomic E-state index is 13.0. The first-order valence-electron chi connectivity index (χ1n) is 7.55. The second-order valence-electron chi connectivity index (χ2n) is 6.97. The number of hydrogen-bond acceptors (Lipinski definition) is 4. The van der Waals surface area contributed by atoms with Gasteiger partial charge in [-0.05, 0) is 33.1 Å². The first-order chi connectivity index (χ1) is 9.69. The molecule has 6 nitrogen and oxygen atoms in total. The fourth-order valence-corrected chi connectivity index (χ4v) is 6.26. The molecule has 2 heterocycles. The van der Waals surface area contributed by atoms with Crippen molar-refractivity contribution in [3.8, 4) is 0 Å². The number of hydrogen-bond donors (Lipinski definition) is 1. The molecule has 0 aromatic rings. The lowest BCUT2D eigenvalue weighted by molar-refractivity contribution is -0.160. The van der Waals surface area contributed by atoms with Gasteiger partial charge in [-0.15, -0.1) is 0 Å². The van der Waals surface area contributed by atoms with Crippen molar-refractivity contribution < 1.29 is 18.0 Å². The van der Waals surface area contributed by atoms with Crippen LogP contribution in [-0.4, -0.2) is 53.8 Å². The molecule has 3 fully saturated rings. The van der Waals surface area contributed by atoms with Crippen LogP contribution in [0.4, 0.5) is 0 Å². The minimum atomic E-state index is -3.13. The van der Waals surface area contributed by atoms with Crippen LogP contribution in [0.5, 0.6) is 0 Å². The monoisotopic (exact) mass is 314 g/mol. The number of amides is 2. The van der Waals surface area contributed by atoms with Gasteiger partial charge in [-0.2, -0.15) is 0 Å². The summed E-state index contributed by atoms with van der Waals surface area (Å²) in [4.78, 5) is 26.9. The van der Waals surface area contributed by atoms with Gasteiger partial charge in [0.25, 0.3) is 0 Å². The Morgan fingerprint density at radius 3 is 2.33 bits per heavy atom. The first-order valence-corrected chi connectivity index (χ1v) is 9.38. The molecule has 0 bridgehead atoms. The molecule has 3 aliphatic rings. The van der Waals surface area contributed by atoms with E-state index >= 15 is 0 Å². The molecule has 1 N–H and O–H groups in total. The van der Waals surface area contributed by atoms with Crippen molar-refractivity contribution in [2.24, 2.45) is 0 Å². The summed E-state index contributed by atoms with van der Waals surface area (Å²) in [5, 5.41) is 2.90. The zero-order valence-corrected chi connectivity index (χ0v) is 13.3. The maximum Gasteiger partial charge on any atom is 0.249 e. The summed E-state index contributed by atoms with van der Waals surface area (Å²) in [7, 11) is -3.13. The van der Waals surface area contributed by atoms with E-state index in [4.69, 9.17) is 0 Å². The van der Waals surface area contributed by atoms with E-state index in [1.807, 2.05) is 0 Å². The van der Waals surface area contributed by atoms with Crippen molar-refractivity contribution in [2.45, 2.75) is 63.1 Å². The Bertz CT molecular complexity index is 594. The van der Waals surface area contributed by atoms with E-state index in [-0.39, 0.29) is 23.3 Å². The van der Waals surface area contributed by atoms with Crippen molar-refractivity contribution in [3.63, 3.8) is 0 Å². The molecule has 1 spiro atoms. The molecule has 2 atom stereocenters.